The standard InChI is InChI=1S/C16H32N2/c1-3-4-6-9-15(2)18-13-12-17-16(14-18)10-7-5-8-11-16/h15,17H,3-14H2,1-2H3. The number of unbranched alkanes of at least 4 members (excludes halogenated alkanes) is 2. The quantitative estimate of drug-likeness (QED) is 0.753. The van der Waals surface area contributed by atoms with E-state index in [4.69, 9.17) is 0 Å². The van der Waals surface area contributed by atoms with Crippen LogP contribution in [0.25, 0.3) is 0 Å². The van der Waals surface area contributed by atoms with E-state index < -0.39 is 0 Å². The van der Waals surface area contributed by atoms with Gasteiger partial charge in [0.1, 0.15) is 0 Å². The number of hydrogen-bond donors (Lipinski definition) is 1. The fourth-order valence-corrected chi connectivity index (χ4v) is 3.80. The highest BCUT2D eigenvalue weighted by molar-refractivity contribution is 4.97. The summed E-state index contributed by atoms with van der Waals surface area (Å²) < 4.78 is 0. The highest BCUT2D eigenvalue weighted by atomic mass is 15.2. The van der Waals surface area contributed by atoms with Crippen molar-refractivity contribution in [2.24, 2.45) is 0 Å². The zero-order valence-corrected chi connectivity index (χ0v) is 12.5. The van der Waals surface area contributed by atoms with Crippen molar-refractivity contribution in [3.63, 3.8) is 0 Å². The average molecular weight is 252 g/mol. The monoisotopic (exact) mass is 252 g/mol. The minimum absolute atomic E-state index is 0.482. The number of nitrogens with zero attached hydrogens (tertiary/aromatic N) is 1. The van der Waals surface area contributed by atoms with Crippen LogP contribution in [0.5, 0.6) is 0 Å². The van der Waals surface area contributed by atoms with E-state index in [1.807, 2.05) is 0 Å². The van der Waals surface area contributed by atoms with E-state index in [1.54, 1.807) is 0 Å². The molecule has 0 aromatic carbocycles. The predicted octanol–water partition coefficient (Wildman–Crippen LogP) is 3.56. The molecule has 18 heavy (non-hydrogen) atoms. The first-order valence-corrected chi connectivity index (χ1v) is 8.25. The molecule has 0 bridgehead atoms. The van der Waals surface area contributed by atoms with Gasteiger partial charge in [-0.25, -0.2) is 0 Å². The van der Waals surface area contributed by atoms with Crippen molar-refractivity contribution in [1.29, 1.82) is 0 Å². The van der Waals surface area contributed by atoms with Crippen LogP contribution in [0.3, 0.4) is 0 Å². The topological polar surface area (TPSA) is 15.3 Å². The Morgan fingerprint density at radius 2 is 1.94 bits per heavy atom. The van der Waals surface area contributed by atoms with Gasteiger partial charge >= 0.3 is 0 Å². The molecule has 1 aliphatic carbocycles. The Balaban J connectivity index is 1.81. The zero-order valence-electron chi connectivity index (χ0n) is 12.5. The van der Waals surface area contributed by atoms with Gasteiger partial charge < -0.3 is 5.32 Å². The molecule has 2 aliphatic rings. The number of nitrogens with one attached hydrogen (secondary N) is 1. The first kappa shape index (κ1) is 14.3. The summed E-state index contributed by atoms with van der Waals surface area (Å²) in [6, 6.07) is 0.789. The molecule has 1 atom stereocenters. The second-order valence-electron chi connectivity index (χ2n) is 6.58. The van der Waals surface area contributed by atoms with Crippen molar-refractivity contribution >= 4 is 0 Å². The predicted molar refractivity (Wildman–Crippen MR) is 79.0 cm³/mol. The van der Waals surface area contributed by atoms with Crippen molar-refractivity contribution in [2.75, 3.05) is 19.6 Å². The number of rotatable bonds is 5. The summed E-state index contributed by atoms with van der Waals surface area (Å²) in [4.78, 5) is 2.76. The van der Waals surface area contributed by atoms with Gasteiger partial charge in [-0.05, 0) is 26.2 Å². The normalized spacial score (nSPS) is 26.3. The molecule has 0 aromatic rings. The second-order valence-corrected chi connectivity index (χ2v) is 6.58. The minimum Gasteiger partial charge on any atom is -0.309 e. The van der Waals surface area contributed by atoms with E-state index in [0.717, 1.165) is 6.04 Å². The maximum Gasteiger partial charge on any atom is 0.0309 e. The van der Waals surface area contributed by atoms with E-state index in [0.29, 0.717) is 5.54 Å². The largest absolute Gasteiger partial charge is 0.309 e. The van der Waals surface area contributed by atoms with Gasteiger partial charge in [0.05, 0.1) is 0 Å². The highest BCUT2D eigenvalue weighted by Crippen LogP contribution is 2.31. The summed E-state index contributed by atoms with van der Waals surface area (Å²) in [5, 5.41) is 3.84. The van der Waals surface area contributed by atoms with Gasteiger partial charge in [0, 0.05) is 31.2 Å². The van der Waals surface area contributed by atoms with E-state index >= 15 is 0 Å². The maximum absolute atomic E-state index is 3.84. The SMILES string of the molecule is CCCCCC(C)N1CCNC2(CCCCC2)C1. The van der Waals surface area contributed by atoms with Gasteiger partial charge in [-0.3, -0.25) is 4.90 Å². The van der Waals surface area contributed by atoms with Crippen LogP contribution >= 0.6 is 0 Å². The van der Waals surface area contributed by atoms with Crippen molar-refractivity contribution in [2.45, 2.75) is 83.2 Å². The Kier molecular flexibility index (Phi) is 5.50. The smallest absolute Gasteiger partial charge is 0.0309 e. The van der Waals surface area contributed by atoms with Crippen molar-refractivity contribution < 1.29 is 0 Å². The first-order chi connectivity index (χ1) is 8.76. The molecule has 0 radical (unpaired) electrons. The van der Waals surface area contributed by atoms with Crippen LogP contribution in [0.4, 0.5) is 0 Å². The van der Waals surface area contributed by atoms with Crippen molar-refractivity contribution in [3.8, 4) is 0 Å². The molecule has 2 fully saturated rings. The lowest BCUT2D eigenvalue weighted by atomic mass is 9.80. The number of hydrogen-bond acceptors (Lipinski definition) is 2. The fourth-order valence-electron chi connectivity index (χ4n) is 3.80. The third-order valence-electron chi connectivity index (χ3n) is 5.06. The minimum atomic E-state index is 0.482. The van der Waals surface area contributed by atoms with E-state index in [2.05, 4.69) is 24.1 Å². The maximum atomic E-state index is 3.84. The Morgan fingerprint density at radius 1 is 1.17 bits per heavy atom. The summed E-state index contributed by atoms with van der Waals surface area (Å²) >= 11 is 0. The average Bonchev–Trinajstić information content (AvgIpc) is 2.40. The van der Waals surface area contributed by atoms with Crippen LogP contribution in [0.15, 0.2) is 0 Å². The second kappa shape index (κ2) is 6.91. The lowest BCUT2D eigenvalue weighted by Crippen LogP contribution is -2.62. The van der Waals surface area contributed by atoms with E-state index in [9.17, 15) is 0 Å². The van der Waals surface area contributed by atoms with Crippen LogP contribution in [-0.4, -0.2) is 36.1 Å². The summed E-state index contributed by atoms with van der Waals surface area (Å²) in [5.74, 6) is 0. The van der Waals surface area contributed by atoms with Gasteiger partial charge in [-0.15, -0.1) is 0 Å². The molecule has 1 unspecified atom stereocenters. The zero-order chi connectivity index (χ0) is 12.8. The molecular weight excluding hydrogens is 220 g/mol. The third-order valence-corrected chi connectivity index (χ3v) is 5.06. The summed E-state index contributed by atoms with van der Waals surface area (Å²) in [6.45, 7) is 8.51. The van der Waals surface area contributed by atoms with E-state index in [1.165, 1.54) is 77.4 Å². The number of piperazine rings is 1. The highest BCUT2D eigenvalue weighted by Gasteiger charge is 2.37. The van der Waals surface area contributed by atoms with E-state index in [-0.39, 0.29) is 0 Å². The molecule has 2 nitrogen and oxygen atoms in total. The Morgan fingerprint density at radius 3 is 2.67 bits per heavy atom. The third kappa shape index (κ3) is 3.71. The van der Waals surface area contributed by atoms with Gasteiger partial charge in [-0.2, -0.15) is 0 Å². The van der Waals surface area contributed by atoms with Crippen LogP contribution in [0.2, 0.25) is 0 Å². The Bertz CT molecular complexity index is 228. The molecule has 1 saturated heterocycles. The molecule has 0 amide bonds. The summed E-state index contributed by atoms with van der Waals surface area (Å²) in [6.07, 6.45) is 12.7. The van der Waals surface area contributed by atoms with Gasteiger partial charge in [0.25, 0.3) is 0 Å². The summed E-state index contributed by atoms with van der Waals surface area (Å²) in [7, 11) is 0. The fraction of sp³-hybridized carbons (Fsp3) is 1.00. The van der Waals surface area contributed by atoms with Crippen LogP contribution in [-0.2, 0) is 0 Å². The molecule has 1 spiro atoms. The van der Waals surface area contributed by atoms with Crippen molar-refractivity contribution in [3.05, 3.63) is 0 Å². The lowest BCUT2D eigenvalue weighted by Gasteiger charge is -2.48. The molecule has 2 heteroatoms. The molecule has 1 aliphatic heterocycles. The molecule has 1 saturated carbocycles. The van der Waals surface area contributed by atoms with Gasteiger partial charge in [0.2, 0.25) is 0 Å². The Hall–Kier alpha value is -0.0800. The molecule has 1 heterocycles. The van der Waals surface area contributed by atoms with Gasteiger partial charge in [0.15, 0.2) is 0 Å². The van der Waals surface area contributed by atoms with Gasteiger partial charge in [-0.1, -0.05) is 45.4 Å². The van der Waals surface area contributed by atoms with Crippen LogP contribution < -0.4 is 5.32 Å². The summed E-state index contributed by atoms with van der Waals surface area (Å²) in [5.41, 5.74) is 0.482. The molecule has 0 aromatic heterocycles. The molecule has 1 N–H and O–H groups in total. The van der Waals surface area contributed by atoms with Crippen LogP contribution in [0.1, 0.15) is 71.6 Å². The van der Waals surface area contributed by atoms with Crippen molar-refractivity contribution in [1.82, 2.24) is 10.2 Å². The first-order valence-electron chi connectivity index (χ1n) is 8.25. The molecular formula is C16H32N2. The molecule has 106 valence electrons. The molecule has 2 rings (SSSR count). The lowest BCUT2D eigenvalue weighted by molar-refractivity contribution is 0.0696. The van der Waals surface area contributed by atoms with Crippen LogP contribution in [0, 0.1) is 0 Å². The Labute approximate surface area is 114 Å².